The molecule has 0 unspecified atom stereocenters. The van der Waals surface area contributed by atoms with E-state index in [1.54, 1.807) is 6.07 Å². The monoisotopic (exact) mass is 240 g/mol. The van der Waals surface area contributed by atoms with Crippen LogP contribution in [0.15, 0.2) is 18.2 Å². The molecule has 0 aliphatic heterocycles. The number of unbranched alkanes of at least 4 members (excludes halogenated alkanes) is 1. The number of hydrogen-bond acceptors (Lipinski definition) is 3. The fourth-order valence-electron chi connectivity index (χ4n) is 1.57. The van der Waals surface area contributed by atoms with E-state index in [2.05, 4.69) is 24.3 Å². The molecule has 0 radical (unpaired) electrons. The highest BCUT2D eigenvalue weighted by molar-refractivity contribution is 5.27. The lowest BCUT2D eigenvalue weighted by Crippen LogP contribution is -2.18. The second-order valence-electron chi connectivity index (χ2n) is 4.47. The largest absolute Gasteiger partial charge is 0.505 e. The third kappa shape index (κ3) is 5.65. The van der Waals surface area contributed by atoms with Crippen molar-refractivity contribution in [2.45, 2.75) is 19.4 Å². The average molecular weight is 240 g/mol. The molecule has 0 atom stereocenters. The summed E-state index contributed by atoms with van der Waals surface area (Å²) < 4.78 is 13.0. The van der Waals surface area contributed by atoms with Crippen molar-refractivity contribution >= 4 is 0 Å². The summed E-state index contributed by atoms with van der Waals surface area (Å²) in [4.78, 5) is 2.16. The van der Waals surface area contributed by atoms with Gasteiger partial charge in [0.1, 0.15) is 0 Å². The van der Waals surface area contributed by atoms with Crippen molar-refractivity contribution in [3.63, 3.8) is 0 Å². The lowest BCUT2D eigenvalue weighted by atomic mass is 10.2. The van der Waals surface area contributed by atoms with Gasteiger partial charge in [0, 0.05) is 6.54 Å². The van der Waals surface area contributed by atoms with Gasteiger partial charge in [-0.05, 0) is 57.7 Å². The second-order valence-corrected chi connectivity index (χ2v) is 4.47. The van der Waals surface area contributed by atoms with Crippen LogP contribution in [-0.4, -0.2) is 37.2 Å². The summed E-state index contributed by atoms with van der Waals surface area (Å²) in [7, 11) is 4.12. The molecule has 0 heterocycles. The van der Waals surface area contributed by atoms with Crippen molar-refractivity contribution in [3.05, 3.63) is 29.6 Å². The van der Waals surface area contributed by atoms with E-state index in [0.29, 0.717) is 6.54 Å². The Balaban J connectivity index is 2.16. The van der Waals surface area contributed by atoms with Crippen LogP contribution in [0.4, 0.5) is 4.39 Å². The first kappa shape index (κ1) is 13.9. The molecule has 0 amide bonds. The minimum absolute atomic E-state index is 0.292. The molecule has 17 heavy (non-hydrogen) atoms. The Morgan fingerprint density at radius 3 is 2.71 bits per heavy atom. The molecule has 0 aliphatic carbocycles. The quantitative estimate of drug-likeness (QED) is 0.715. The first-order valence-corrected chi connectivity index (χ1v) is 5.92. The number of rotatable bonds is 7. The van der Waals surface area contributed by atoms with E-state index >= 15 is 0 Å². The van der Waals surface area contributed by atoms with Gasteiger partial charge in [-0.2, -0.15) is 0 Å². The fraction of sp³-hybridized carbons (Fsp3) is 0.538. The molecule has 1 aromatic carbocycles. The second kappa shape index (κ2) is 7.25. The van der Waals surface area contributed by atoms with Crippen LogP contribution in [-0.2, 0) is 6.54 Å². The molecule has 0 bridgehead atoms. The van der Waals surface area contributed by atoms with Crippen LogP contribution in [0.5, 0.6) is 5.75 Å². The number of nitrogens with one attached hydrogen (secondary N) is 1. The zero-order valence-electron chi connectivity index (χ0n) is 10.5. The first-order chi connectivity index (χ1) is 8.09. The number of halogens is 1. The maximum atomic E-state index is 13.0. The van der Waals surface area contributed by atoms with Gasteiger partial charge in [-0.15, -0.1) is 0 Å². The average Bonchev–Trinajstić information content (AvgIpc) is 2.27. The smallest absolute Gasteiger partial charge is 0.165 e. The van der Waals surface area contributed by atoms with Gasteiger partial charge in [-0.3, -0.25) is 0 Å². The number of benzene rings is 1. The number of phenols is 1. The van der Waals surface area contributed by atoms with Crippen molar-refractivity contribution < 1.29 is 9.50 Å². The Labute approximate surface area is 102 Å². The van der Waals surface area contributed by atoms with E-state index in [1.165, 1.54) is 12.1 Å². The lowest BCUT2D eigenvalue weighted by molar-refractivity contribution is 0.391. The van der Waals surface area contributed by atoms with E-state index in [9.17, 15) is 4.39 Å². The van der Waals surface area contributed by atoms with Crippen LogP contribution in [0, 0.1) is 5.82 Å². The lowest BCUT2D eigenvalue weighted by Gasteiger charge is -2.09. The molecule has 1 rings (SSSR count). The van der Waals surface area contributed by atoms with Gasteiger partial charge >= 0.3 is 0 Å². The van der Waals surface area contributed by atoms with Gasteiger partial charge in [0.15, 0.2) is 11.6 Å². The summed E-state index contributed by atoms with van der Waals surface area (Å²) >= 11 is 0. The van der Waals surface area contributed by atoms with Gasteiger partial charge < -0.3 is 15.3 Å². The Bertz CT molecular complexity index is 342. The normalized spacial score (nSPS) is 11.1. The van der Waals surface area contributed by atoms with Crippen LogP contribution in [0.25, 0.3) is 0 Å². The zero-order valence-corrected chi connectivity index (χ0v) is 10.5. The van der Waals surface area contributed by atoms with E-state index in [-0.39, 0.29) is 5.75 Å². The van der Waals surface area contributed by atoms with Crippen molar-refractivity contribution in [1.29, 1.82) is 0 Å². The molecule has 2 N–H and O–H groups in total. The highest BCUT2D eigenvalue weighted by Crippen LogP contribution is 2.15. The van der Waals surface area contributed by atoms with Crippen LogP contribution in [0.3, 0.4) is 0 Å². The van der Waals surface area contributed by atoms with Crippen molar-refractivity contribution in [1.82, 2.24) is 10.2 Å². The van der Waals surface area contributed by atoms with Gasteiger partial charge in [0.2, 0.25) is 0 Å². The first-order valence-electron chi connectivity index (χ1n) is 5.92. The highest BCUT2D eigenvalue weighted by Gasteiger charge is 2.00. The number of nitrogens with zero attached hydrogens (tertiary/aromatic N) is 1. The molecule has 0 saturated heterocycles. The highest BCUT2D eigenvalue weighted by atomic mass is 19.1. The minimum Gasteiger partial charge on any atom is -0.505 e. The van der Waals surface area contributed by atoms with Crippen molar-refractivity contribution in [2.24, 2.45) is 0 Å². The van der Waals surface area contributed by atoms with E-state index in [0.717, 1.165) is 31.5 Å². The predicted octanol–water partition coefficient (Wildman–Crippen LogP) is 1.96. The summed E-state index contributed by atoms with van der Waals surface area (Å²) in [6, 6.07) is 4.48. The molecule has 1 aromatic rings. The Morgan fingerprint density at radius 1 is 1.29 bits per heavy atom. The Morgan fingerprint density at radius 2 is 2.06 bits per heavy atom. The zero-order chi connectivity index (χ0) is 12.7. The number of hydrogen-bond donors (Lipinski definition) is 2. The van der Waals surface area contributed by atoms with E-state index < -0.39 is 5.82 Å². The van der Waals surface area contributed by atoms with Crippen molar-refractivity contribution in [2.75, 3.05) is 27.2 Å². The van der Waals surface area contributed by atoms with Gasteiger partial charge in [-0.1, -0.05) is 6.07 Å². The van der Waals surface area contributed by atoms with E-state index in [1.807, 2.05) is 0 Å². The van der Waals surface area contributed by atoms with Crippen LogP contribution < -0.4 is 5.32 Å². The number of aromatic hydroxyl groups is 1. The van der Waals surface area contributed by atoms with Gasteiger partial charge in [-0.25, -0.2) is 4.39 Å². The summed E-state index contributed by atoms with van der Waals surface area (Å²) in [5, 5.41) is 12.3. The van der Waals surface area contributed by atoms with Crippen LogP contribution in [0.2, 0.25) is 0 Å². The molecular weight excluding hydrogens is 219 g/mol. The maximum Gasteiger partial charge on any atom is 0.165 e. The Kier molecular flexibility index (Phi) is 5.94. The summed E-state index contributed by atoms with van der Waals surface area (Å²) in [5.74, 6) is -0.850. The summed E-state index contributed by atoms with van der Waals surface area (Å²) in [6.07, 6.45) is 2.27. The van der Waals surface area contributed by atoms with Crippen LogP contribution in [0.1, 0.15) is 18.4 Å². The third-order valence-corrected chi connectivity index (χ3v) is 2.55. The third-order valence-electron chi connectivity index (χ3n) is 2.55. The summed E-state index contributed by atoms with van der Waals surface area (Å²) in [6.45, 7) is 2.66. The standard InChI is InChI=1S/C13H21FN2O/c1-16(2)8-4-3-7-15-10-11-5-6-13(17)12(14)9-11/h5-6,9,15,17H,3-4,7-8,10H2,1-2H3. The SMILES string of the molecule is CN(C)CCCCNCc1ccc(O)c(F)c1. The maximum absolute atomic E-state index is 13.0. The molecular formula is C13H21FN2O. The van der Waals surface area contributed by atoms with Gasteiger partial charge in [0.25, 0.3) is 0 Å². The molecule has 96 valence electrons. The molecule has 0 aromatic heterocycles. The topological polar surface area (TPSA) is 35.5 Å². The van der Waals surface area contributed by atoms with E-state index in [4.69, 9.17) is 5.11 Å². The molecule has 3 nitrogen and oxygen atoms in total. The Hall–Kier alpha value is -1.13. The predicted molar refractivity (Wildman–Crippen MR) is 67.6 cm³/mol. The molecule has 0 saturated carbocycles. The molecule has 4 heteroatoms. The molecule has 0 fully saturated rings. The minimum atomic E-state index is -0.558. The molecule has 0 aliphatic rings. The molecule has 0 spiro atoms. The van der Waals surface area contributed by atoms with Crippen molar-refractivity contribution in [3.8, 4) is 5.75 Å². The van der Waals surface area contributed by atoms with Gasteiger partial charge in [0.05, 0.1) is 0 Å². The number of phenolic OH excluding ortho intramolecular Hbond substituents is 1. The van der Waals surface area contributed by atoms with Crippen LogP contribution >= 0.6 is 0 Å². The summed E-state index contributed by atoms with van der Waals surface area (Å²) in [5.41, 5.74) is 0.855. The fourth-order valence-corrected chi connectivity index (χ4v) is 1.57.